The molecular formula is C13H18O3. The van der Waals surface area contributed by atoms with Gasteiger partial charge in [-0.05, 0) is 12.3 Å². The smallest absolute Gasteiger partial charge is 0.193 e. The van der Waals surface area contributed by atoms with Crippen LogP contribution in [-0.4, -0.2) is 28.2 Å². The Kier molecular flexibility index (Phi) is 4.65. The highest BCUT2D eigenvalue weighted by atomic mass is 16.3. The molecule has 0 spiro atoms. The maximum absolute atomic E-state index is 11.8. The highest BCUT2D eigenvalue weighted by Crippen LogP contribution is 2.12. The number of ketones is 1. The van der Waals surface area contributed by atoms with Gasteiger partial charge in [0.25, 0.3) is 0 Å². The Morgan fingerprint density at radius 2 is 1.75 bits per heavy atom. The Morgan fingerprint density at radius 3 is 2.25 bits per heavy atom. The molecule has 0 aromatic heterocycles. The van der Waals surface area contributed by atoms with Crippen LogP contribution >= 0.6 is 0 Å². The zero-order valence-corrected chi connectivity index (χ0v) is 9.63. The van der Waals surface area contributed by atoms with Gasteiger partial charge in [-0.25, -0.2) is 0 Å². The van der Waals surface area contributed by atoms with Gasteiger partial charge in [0.15, 0.2) is 5.78 Å². The molecule has 0 fully saturated rings. The molecule has 0 amide bonds. The van der Waals surface area contributed by atoms with E-state index in [0.29, 0.717) is 12.0 Å². The molecule has 1 aromatic rings. The van der Waals surface area contributed by atoms with E-state index in [4.69, 9.17) is 0 Å². The van der Waals surface area contributed by atoms with Gasteiger partial charge in [0.2, 0.25) is 0 Å². The first-order chi connectivity index (χ1) is 7.52. The van der Waals surface area contributed by atoms with Gasteiger partial charge in [-0.1, -0.05) is 44.2 Å². The van der Waals surface area contributed by atoms with Crippen LogP contribution in [0.2, 0.25) is 0 Å². The Morgan fingerprint density at radius 1 is 1.19 bits per heavy atom. The standard InChI is InChI=1S/C13H18O3/c1-9(2)8-11(14)13(16)12(15)10-6-4-3-5-7-10/h3-7,9,11,13-14,16H,8H2,1-2H3/t11?,13-/m0/s1. The van der Waals surface area contributed by atoms with Crippen LogP contribution in [0.3, 0.4) is 0 Å². The monoisotopic (exact) mass is 222 g/mol. The van der Waals surface area contributed by atoms with Gasteiger partial charge in [0.05, 0.1) is 6.10 Å². The number of hydrogen-bond acceptors (Lipinski definition) is 3. The summed E-state index contributed by atoms with van der Waals surface area (Å²) in [6.45, 7) is 3.87. The molecular weight excluding hydrogens is 204 g/mol. The van der Waals surface area contributed by atoms with Gasteiger partial charge in [-0.2, -0.15) is 0 Å². The lowest BCUT2D eigenvalue weighted by atomic mass is 9.96. The molecule has 2 atom stereocenters. The van der Waals surface area contributed by atoms with Gasteiger partial charge >= 0.3 is 0 Å². The molecule has 16 heavy (non-hydrogen) atoms. The number of benzene rings is 1. The van der Waals surface area contributed by atoms with Crippen molar-refractivity contribution in [2.45, 2.75) is 32.5 Å². The summed E-state index contributed by atoms with van der Waals surface area (Å²) in [6, 6.07) is 8.53. The molecule has 1 aromatic carbocycles. The van der Waals surface area contributed by atoms with Crippen molar-refractivity contribution in [2.24, 2.45) is 5.92 Å². The maximum atomic E-state index is 11.8. The van der Waals surface area contributed by atoms with Crippen molar-refractivity contribution < 1.29 is 15.0 Å². The summed E-state index contributed by atoms with van der Waals surface area (Å²) in [7, 11) is 0. The van der Waals surface area contributed by atoms with Crippen molar-refractivity contribution in [1.82, 2.24) is 0 Å². The van der Waals surface area contributed by atoms with Crippen molar-refractivity contribution in [1.29, 1.82) is 0 Å². The van der Waals surface area contributed by atoms with Crippen LogP contribution in [0.15, 0.2) is 30.3 Å². The second kappa shape index (κ2) is 5.77. The number of aliphatic hydroxyl groups excluding tert-OH is 2. The lowest BCUT2D eigenvalue weighted by Gasteiger charge is -2.18. The molecule has 3 nitrogen and oxygen atoms in total. The Labute approximate surface area is 95.7 Å². The maximum Gasteiger partial charge on any atom is 0.193 e. The topological polar surface area (TPSA) is 57.5 Å². The minimum absolute atomic E-state index is 0.244. The highest BCUT2D eigenvalue weighted by molar-refractivity contribution is 5.99. The van der Waals surface area contributed by atoms with Crippen LogP contribution < -0.4 is 0 Å². The van der Waals surface area contributed by atoms with Gasteiger partial charge < -0.3 is 10.2 Å². The summed E-state index contributed by atoms with van der Waals surface area (Å²) in [5.74, 6) is -0.179. The highest BCUT2D eigenvalue weighted by Gasteiger charge is 2.25. The summed E-state index contributed by atoms with van der Waals surface area (Å²) in [6.07, 6.45) is -1.91. The first kappa shape index (κ1) is 12.9. The number of carbonyl (C=O) groups is 1. The van der Waals surface area contributed by atoms with Crippen LogP contribution in [-0.2, 0) is 0 Å². The average molecular weight is 222 g/mol. The third kappa shape index (κ3) is 3.43. The summed E-state index contributed by atoms with van der Waals surface area (Å²) in [4.78, 5) is 11.8. The van der Waals surface area contributed by atoms with Crippen molar-refractivity contribution >= 4 is 5.78 Å². The molecule has 88 valence electrons. The van der Waals surface area contributed by atoms with Gasteiger partial charge in [0, 0.05) is 5.56 Å². The number of hydrogen-bond donors (Lipinski definition) is 2. The molecule has 0 heterocycles. The summed E-state index contributed by atoms with van der Waals surface area (Å²) < 4.78 is 0. The Bertz CT molecular complexity index is 332. The molecule has 0 aliphatic rings. The lowest BCUT2D eigenvalue weighted by Crippen LogP contribution is -2.34. The first-order valence-corrected chi connectivity index (χ1v) is 5.47. The number of carbonyl (C=O) groups excluding carboxylic acids is 1. The van der Waals surface area contributed by atoms with Crippen molar-refractivity contribution in [3.05, 3.63) is 35.9 Å². The Balaban J connectivity index is 2.67. The second-order valence-electron chi connectivity index (χ2n) is 4.37. The van der Waals surface area contributed by atoms with E-state index in [-0.39, 0.29) is 5.92 Å². The van der Waals surface area contributed by atoms with E-state index >= 15 is 0 Å². The van der Waals surface area contributed by atoms with Crippen molar-refractivity contribution in [2.75, 3.05) is 0 Å². The normalized spacial score (nSPS) is 14.8. The van der Waals surface area contributed by atoms with Crippen LogP contribution in [0.4, 0.5) is 0 Å². The molecule has 0 aliphatic heterocycles. The number of rotatable bonds is 5. The third-order valence-electron chi connectivity index (χ3n) is 2.40. The largest absolute Gasteiger partial charge is 0.390 e. The van der Waals surface area contributed by atoms with Gasteiger partial charge in [-0.15, -0.1) is 0 Å². The fourth-order valence-electron chi connectivity index (χ4n) is 1.56. The van der Waals surface area contributed by atoms with E-state index in [9.17, 15) is 15.0 Å². The number of aliphatic hydroxyl groups is 2. The van der Waals surface area contributed by atoms with E-state index < -0.39 is 18.0 Å². The molecule has 1 unspecified atom stereocenters. The average Bonchev–Trinajstić information content (AvgIpc) is 2.27. The minimum atomic E-state index is -1.33. The first-order valence-electron chi connectivity index (χ1n) is 5.47. The van der Waals surface area contributed by atoms with E-state index in [1.54, 1.807) is 30.3 Å². The molecule has 1 rings (SSSR count). The summed E-state index contributed by atoms with van der Waals surface area (Å²) in [5, 5.41) is 19.3. The van der Waals surface area contributed by atoms with Gasteiger partial charge in [-0.3, -0.25) is 4.79 Å². The molecule has 0 aliphatic carbocycles. The molecule has 3 heteroatoms. The van der Waals surface area contributed by atoms with Crippen molar-refractivity contribution in [3.8, 4) is 0 Å². The molecule has 2 N–H and O–H groups in total. The molecule has 0 saturated heterocycles. The second-order valence-corrected chi connectivity index (χ2v) is 4.37. The zero-order valence-electron chi connectivity index (χ0n) is 9.63. The molecule has 0 radical (unpaired) electrons. The summed E-state index contributed by atoms with van der Waals surface area (Å²) >= 11 is 0. The Hall–Kier alpha value is -1.19. The van der Waals surface area contributed by atoms with Crippen LogP contribution in [0.1, 0.15) is 30.6 Å². The van der Waals surface area contributed by atoms with E-state index in [2.05, 4.69) is 0 Å². The quantitative estimate of drug-likeness (QED) is 0.744. The molecule has 0 bridgehead atoms. The van der Waals surface area contributed by atoms with Crippen LogP contribution in [0, 0.1) is 5.92 Å². The van der Waals surface area contributed by atoms with E-state index in [0.717, 1.165) is 0 Å². The number of Topliss-reactive ketones (excluding diaryl/α,β-unsaturated/α-hetero) is 1. The van der Waals surface area contributed by atoms with E-state index in [1.807, 2.05) is 13.8 Å². The summed E-state index contributed by atoms with van der Waals surface area (Å²) in [5.41, 5.74) is 0.429. The predicted octanol–water partition coefficient (Wildman–Crippen LogP) is 1.64. The SMILES string of the molecule is CC(C)CC(O)[C@H](O)C(=O)c1ccccc1. The third-order valence-corrected chi connectivity index (χ3v) is 2.40. The van der Waals surface area contributed by atoms with E-state index in [1.165, 1.54) is 0 Å². The zero-order chi connectivity index (χ0) is 12.1. The molecule has 0 saturated carbocycles. The predicted molar refractivity (Wildman–Crippen MR) is 62.2 cm³/mol. The van der Waals surface area contributed by atoms with Crippen LogP contribution in [0.5, 0.6) is 0 Å². The van der Waals surface area contributed by atoms with Crippen molar-refractivity contribution in [3.63, 3.8) is 0 Å². The van der Waals surface area contributed by atoms with Crippen LogP contribution in [0.25, 0.3) is 0 Å². The fourth-order valence-corrected chi connectivity index (χ4v) is 1.56. The lowest BCUT2D eigenvalue weighted by molar-refractivity contribution is 0.0127. The van der Waals surface area contributed by atoms with Gasteiger partial charge in [0.1, 0.15) is 6.10 Å². The minimum Gasteiger partial charge on any atom is -0.390 e. The fraction of sp³-hybridized carbons (Fsp3) is 0.462.